The average Bonchev–Trinajstić information content (AvgIpc) is 2.47. The second-order valence-corrected chi connectivity index (χ2v) is 4.38. The number of aliphatic hydroxyl groups is 1. The first kappa shape index (κ1) is 10.8. The Kier molecular flexibility index (Phi) is 2.71. The summed E-state index contributed by atoms with van der Waals surface area (Å²) in [7, 11) is 1.62. The average molecular weight is 197 g/mol. The van der Waals surface area contributed by atoms with Gasteiger partial charge in [0.25, 0.3) is 0 Å². The fraction of sp³-hybridized carbons (Fsp3) is 0.667. The zero-order chi connectivity index (χ0) is 10.9. The topological polar surface area (TPSA) is 68.0 Å². The summed E-state index contributed by atoms with van der Waals surface area (Å²) in [6.45, 7) is 5.41. The minimum atomic E-state index is -1.03. The van der Waals surface area contributed by atoms with Gasteiger partial charge in [0.05, 0.1) is 6.20 Å². The molecule has 0 amide bonds. The Morgan fingerprint density at radius 3 is 2.50 bits per heavy atom. The Bertz CT molecular complexity index is 338. The van der Waals surface area contributed by atoms with Gasteiger partial charge in [0.15, 0.2) is 0 Å². The number of carbonyl (C=O) groups excluding carboxylic acids is 1. The van der Waals surface area contributed by atoms with Crippen molar-refractivity contribution in [3.63, 3.8) is 0 Å². The molecule has 78 valence electrons. The first-order valence-corrected chi connectivity index (χ1v) is 4.41. The molecule has 0 aliphatic carbocycles. The van der Waals surface area contributed by atoms with Gasteiger partial charge in [-0.2, -0.15) is 0 Å². The van der Waals surface area contributed by atoms with Crippen LogP contribution < -0.4 is 0 Å². The molecule has 1 unspecified atom stereocenters. The third kappa shape index (κ3) is 1.98. The summed E-state index contributed by atoms with van der Waals surface area (Å²) in [5.41, 5.74) is -0.145. The maximum Gasteiger partial charge on any atom is 0.211 e. The predicted molar refractivity (Wildman–Crippen MR) is 50.8 cm³/mol. The highest BCUT2D eigenvalue weighted by Gasteiger charge is 2.31. The summed E-state index contributed by atoms with van der Waals surface area (Å²) in [4.78, 5) is 11.7. The summed E-state index contributed by atoms with van der Waals surface area (Å²) < 4.78 is 1.36. The van der Waals surface area contributed by atoms with Crippen LogP contribution in [0.2, 0.25) is 0 Å². The van der Waals surface area contributed by atoms with Crippen molar-refractivity contribution in [2.75, 3.05) is 0 Å². The van der Waals surface area contributed by atoms with E-state index in [-0.39, 0.29) is 5.78 Å². The third-order valence-corrected chi connectivity index (χ3v) is 2.04. The van der Waals surface area contributed by atoms with E-state index in [1.807, 2.05) is 0 Å². The molecule has 1 heterocycles. The molecule has 0 aliphatic heterocycles. The van der Waals surface area contributed by atoms with E-state index in [4.69, 9.17) is 0 Å². The van der Waals surface area contributed by atoms with Crippen molar-refractivity contribution < 1.29 is 9.90 Å². The summed E-state index contributed by atoms with van der Waals surface area (Å²) in [6, 6.07) is 0. The Hall–Kier alpha value is -1.23. The molecule has 1 aromatic heterocycles. The SMILES string of the molecule is Cn1nncc1C(=O)C(O)C(C)(C)C. The fourth-order valence-electron chi connectivity index (χ4n) is 1.05. The smallest absolute Gasteiger partial charge is 0.211 e. The summed E-state index contributed by atoms with van der Waals surface area (Å²) >= 11 is 0. The van der Waals surface area contributed by atoms with E-state index < -0.39 is 11.5 Å². The molecule has 1 aromatic rings. The van der Waals surface area contributed by atoms with Gasteiger partial charge < -0.3 is 5.11 Å². The number of hydrogen-bond acceptors (Lipinski definition) is 4. The largest absolute Gasteiger partial charge is 0.384 e. The van der Waals surface area contributed by atoms with Crippen LogP contribution in [0.3, 0.4) is 0 Å². The van der Waals surface area contributed by atoms with Crippen LogP contribution in [0.4, 0.5) is 0 Å². The molecule has 0 saturated carbocycles. The minimum absolute atomic E-state index is 0.326. The zero-order valence-corrected chi connectivity index (χ0v) is 8.85. The maximum absolute atomic E-state index is 11.7. The van der Waals surface area contributed by atoms with Gasteiger partial charge in [-0.15, -0.1) is 5.10 Å². The van der Waals surface area contributed by atoms with Crippen LogP contribution in [-0.4, -0.2) is 32.0 Å². The number of carbonyl (C=O) groups is 1. The highest BCUT2D eigenvalue weighted by molar-refractivity contribution is 5.98. The fourth-order valence-corrected chi connectivity index (χ4v) is 1.05. The minimum Gasteiger partial charge on any atom is -0.384 e. The molecule has 1 atom stereocenters. The normalized spacial score (nSPS) is 14.1. The molecule has 0 aromatic carbocycles. The van der Waals surface area contributed by atoms with Crippen LogP contribution in [0.5, 0.6) is 0 Å². The number of Topliss-reactive ketones (excluding diaryl/α,β-unsaturated/α-hetero) is 1. The monoisotopic (exact) mass is 197 g/mol. The van der Waals surface area contributed by atoms with E-state index >= 15 is 0 Å². The van der Waals surface area contributed by atoms with Gasteiger partial charge in [0.2, 0.25) is 5.78 Å². The van der Waals surface area contributed by atoms with E-state index in [0.29, 0.717) is 5.69 Å². The Balaban J connectivity index is 2.92. The molecule has 0 aliphatic rings. The van der Waals surface area contributed by atoms with Gasteiger partial charge in [-0.25, -0.2) is 4.68 Å². The van der Waals surface area contributed by atoms with Gasteiger partial charge in [-0.3, -0.25) is 4.79 Å². The molecule has 5 heteroatoms. The lowest BCUT2D eigenvalue weighted by Crippen LogP contribution is -2.35. The van der Waals surface area contributed by atoms with Gasteiger partial charge in [0.1, 0.15) is 11.8 Å². The van der Waals surface area contributed by atoms with Gasteiger partial charge in [0, 0.05) is 7.05 Å². The van der Waals surface area contributed by atoms with Crippen molar-refractivity contribution >= 4 is 5.78 Å². The van der Waals surface area contributed by atoms with E-state index in [0.717, 1.165) is 0 Å². The highest BCUT2D eigenvalue weighted by Crippen LogP contribution is 2.21. The van der Waals surface area contributed by atoms with Gasteiger partial charge >= 0.3 is 0 Å². The molecule has 0 saturated heterocycles. The first-order chi connectivity index (χ1) is 6.34. The molecule has 0 radical (unpaired) electrons. The number of aryl methyl sites for hydroxylation is 1. The van der Waals surface area contributed by atoms with E-state index in [1.54, 1.807) is 27.8 Å². The maximum atomic E-state index is 11.7. The molecular weight excluding hydrogens is 182 g/mol. The molecular formula is C9H15N3O2. The summed E-state index contributed by atoms with van der Waals surface area (Å²) in [6.07, 6.45) is 0.330. The molecule has 14 heavy (non-hydrogen) atoms. The number of hydrogen-bond donors (Lipinski definition) is 1. The lowest BCUT2D eigenvalue weighted by Gasteiger charge is -2.23. The number of ketones is 1. The predicted octanol–water partition coefficient (Wildman–Crippen LogP) is 0.405. The van der Waals surface area contributed by atoms with Crippen molar-refractivity contribution in [2.45, 2.75) is 26.9 Å². The number of aromatic nitrogens is 3. The Morgan fingerprint density at radius 2 is 2.14 bits per heavy atom. The molecule has 0 spiro atoms. The number of rotatable bonds is 2. The van der Waals surface area contributed by atoms with Crippen molar-refractivity contribution in [1.82, 2.24) is 15.0 Å². The van der Waals surface area contributed by atoms with Gasteiger partial charge in [-0.05, 0) is 5.41 Å². The van der Waals surface area contributed by atoms with Crippen molar-refractivity contribution in [1.29, 1.82) is 0 Å². The van der Waals surface area contributed by atoms with Crippen LogP contribution >= 0.6 is 0 Å². The van der Waals surface area contributed by atoms with E-state index in [1.165, 1.54) is 10.9 Å². The summed E-state index contributed by atoms with van der Waals surface area (Å²) in [5.74, 6) is -0.343. The molecule has 1 N–H and O–H groups in total. The molecule has 0 bridgehead atoms. The van der Waals surface area contributed by atoms with Crippen molar-refractivity contribution in [3.05, 3.63) is 11.9 Å². The van der Waals surface area contributed by atoms with Crippen LogP contribution in [0.15, 0.2) is 6.20 Å². The standard InChI is InChI=1S/C9H15N3O2/c1-9(2,3)8(14)7(13)6-5-10-11-12(6)4/h5,8,14H,1-4H3. The second kappa shape index (κ2) is 3.49. The molecule has 1 rings (SSSR count). The number of aliphatic hydroxyl groups excluding tert-OH is 1. The highest BCUT2D eigenvalue weighted by atomic mass is 16.3. The van der Waals surface area contributed by atoms with Crippen LogP contribution in [0.1, 0.15) is 31.3 Å². The Labute approximate surface area is 82.7 Å². The van der Waals surface area contributed by atoms with Gasteiger partial charge in [-0.1, -0.05) is 26.0 Å². The second-order valence-electron chi connectivity index (χ2n) is 4.38. The summed E-state index contributed by atoms with van der Waals surface area (Å²) in [5, 5.41) is 17.0. The third-order valence-electron chi connectivity index (χ3n) is 2.04. The lowest BCUT2D eigenvalue weighted by molar-refractivity contribution is 0.0433. The molecule has 5 nitrogen and oxygen atoms in total. The quantitative estimate of drug-likeness (QED) is 0.697. The van der Waals surface area contributed by atoms with Crippen molar-refractivity contribution in [3.8, 4) is 0 Å². The van der Waals surface area contributed by atoms with Crippen LogP contribution in [0, 0.1) is 5.41 Å². The van der Waals surface area contributed by atoms with E-state index in [9.17, 15) is 9.90 Å². The zero-order valence-electron chi connectivity index (χ0n) is 8.85. The number of nitrogens with zero attached hydrogens (tertiary/aromatic N) is 3. The van der Waals surface area contributed by atoms with Crippen molar-refractivity contribution in [2.24, 2.45) is 12.5 Å². The molecule has 0 fully saturated rings. The van der Waals surface area contributed by atoms with Crippen LogP contribution in [0.25, 0.3) is 0 Å². The van der Waals surface area contributed by atoms with E-state index in [2.05, 4.69) is 10.3 Å². The van der Waals surface area contributed by atoms with Crippen LogP contribution in [-0.2, 0) is 7.05 Å². The lowest BCUT2D eigenvalue weighted by atomic mass is 9.86. The first-order valence-electron chi connectivity index (χ1n) is 4.41. The Morgan fingerprint density at radius 1 is 1.57 bits per heavy atom.